The molecule has 0 saturated carbocycles. The summed E-state index contributed by atoms with van der Waals surface area (Å²) in [5.74, 6) is -7.53. The van der Waals surface area contributed by atoms with Crippen molar-refractivity contribution in [3.05, 3.63) is 21.2 Å². The number of rotatable bonds is 19. The normalized spacial score (nSPS) is 47.0. The molecule has 7 N–H and O–H groups in total. The van der Waals surface area contributed by atoms with Gasteiger partial charge in [0, 0.05) is 34.2 Å². The molecular weight excluding hydrogens is 1330 g/mol. The van der Waals surface area contributed by atoms with E-state index < -0.39 is 225 Å². The molecule has 1 aromatic rings. The number of ether oxygens (including phenoxy) is 23. The minimum Gasteiger partial charge on any atom is -0.505 e. The van der Waals surface area contributed by atoms with E-state index in [1.54, 1.807) is 41.5 Å². The number of carbonyl (C=O) groups is 3. The fourth-order valence-electron chi connectivity index (χ4n) is 14.6. The highest BCUT2D eigenvalue weighted by atomic mass is 35.5. The summed E-state index contributed by atoms with van der Waals surface area (Å²) in [6.07, 6.45) is -34.7. The van der Waals surface area contributed by atoms with Gasteiger partial charge < -0.3 is 145 Å². The van der Waals surface area contributed by atoms with Gasteiger partial charge >= 0.3 is 17.9 Å². The number of phenolic OH excluding ortho intramolecular Hbond substituents is 1. The molecule has 544 valence electrons. The first kappa shape index (κ1) is 74.2. The topological polar surface area (TPSA) is 405 Å². The lowest BCUT2D eigenvalue weighted by atomic mass is 9.81. The SMILES string of the molecule is COC[C@H]1O[C@@H](OC2OC[C@@H]3OC4(O[C@H]3[C@H]2OC(=O)C(C)C)O[C@H](C)[C@@](O)(C(C)=O)[C@@H]2OCO[C@H]24)[C@@H](OC)[C@@H](O)[C@@H]1O[C@@H]1O[C@H](CO)[C@H](OC)C(OC2C[C@@]3(C)OC4(C[C@@H](O)[C@H](OC5C[C@@H](O)[C@H](OC(=O)c6c(C)c(Cl)c(O)c(Cl)c6OC)[C@@H](C)O5)[C@@H](C)O4)O[C@@H]3[C@@H](C)O2)C1O. The van der Waals surface area contributed by atoms with Crippen molar-refractivity contribution in [2.45, 2.75) is 270 Å². The monoisotopic (exact) mass is 1420 g/mol. The Labute approximate surface area is 562 Å². The predicted octanol–water partition coefficient (Wildman–Crippen LogP) is 0.0244. The van der Waals surface area contributed by atoms with Crippen LogP contribution in [-0.2, 0) is 114 Å². The third-order valence-corrected chi connectivity index (χ3v) is 20.2. The van der Waals surface area contributed by atoms with Crippen LogP contribution in [0.1, 0.15) is 90.6 Å². The van der Waals surface area contributed by atoms with Crippen molar-refractivity contribution >= 4 is 40.9 Å². The van der Waals surface area contributed by atoms with Crippen molar-refractivity contribution in [1.82, 2.24) is 0 Å². The Morgan fingerprint density at radius 3 is 2.00 bits per heavy atom. The second-order valence-electron chi connectivity index (χ2n) is 26.2. The molecule has 10 fully saturated rings. The summed E-state index contributed by atoms with van der Waals surface area (Å²) in [6, 6.07) is 0. The number of methoxy groups -OCH3 is 4. The second kappa shape index (κ2) is 29.0. The van der Waals surface area contributed by atoms with Gasteiger partial charge in [0.25, 0.3) is 5.97 Å². The smallest absolute Gasteiger partial charge is 0.342 e. The van der Waals surface area contributed by atoms with Crippen LogP contribution in [0.4, 0.5) is 0 Å². The molecule has 0 aromatic heterocycles. The van der Waals surface area contributed by atoms with E-state index in [0.717, 1.165) is 0 Å². The van der Waals surface area contributed by atoms with E-state index in [1.807, 2.05) is 0 Å². The number of aliphatic hydroxyl groups is 6. The number of hydrogen-bond acceptors (Lipinski definition) is 33. The first-order valence-electron chi connectivity index (χ1n) is 31.9. The minimum absolute atomic E-state index is 0.0571. The summed E-state index contributed by atoms with van der Waals surface area (Å²) in [7, 11) is 5.20. The maximum atomic E-state index is 13.6. The zero-order chi connectivity index (χ0) is 69.6. The lowest BCUT2D eigenvalue weighted by Crippen LogP contribution is -2.72. The van der Waals surface area contributed by atoms with Crippen molar-refractivity contribution in [3.8, 4) is 11.5 Å². The Bertz CT molecular complexity index is 2910. The van der Waals surface area contributed by atoms with E-state index in [9.17, 15) is 50.1 Å². The van der Waals surface area contributed by atoms with E-state index in [4.69, 9.17) is 132 Å². The fraction of sp³-hybridized carbons (Fsp3) is 0.852. The van der Waals surface area contributed by atoms with Crippen molar-refractivity contribution in [2.24, 2.45) is 5.92 Å². The number of Topliss-reactive ketones (excluding diaryl/α,β-unsaturated/α-hetero) is 1. The molecule has 10 aliphatic heterocycles. The van der Waals surface area contributed by atoms with Crippen LogP contribution in [0.15, 0.2) is 0 Å². The maximum Gasteiger partial charge on any atom is 0.342 e. The van der Waals surface area contributed by atoms with Crippen molar-refractivity contribution in [3.63, 3.8) is 0 Å². The molecule has 0 amide bonds. The molecule has 0 bridgehead atoms. The highest BCUT2D eigenvalue weighted by molar-refractivity contribution is 6.39. The zero-order valence-corrected chi connectivity index (χ0v) is 56.6. The quantitative estimate of drug-likeness (QED) is 0.0898. The number of carbonyl (C=O) groups excluding carboxylic acids is 3. The number of hydrogen-bond donors (Lipinski definition) is 7. The van der Waals surface area contributed by atoms with E-state index in [-0.39, 0.29) is 66.2 Å². The standard InChI is InChI=1S/C61H88Cl2O33/c1-21(2)53(71)88-49-45-32(93-61(94-45)52-51(79-20-80-52)60(73,26(7)65)27(8)92-61)19-78-56(49)90-57-48(77-13)39(69)43(31(84-57)18-74-10)89-55-40(70)47(44(75-11)30(17-64)83-55)86-34-16-58(9)50(25(6)82-34)95-59(96-58)15-29(67)42(24(5)91-59)85-33-14-28(66)41(23(4)81-33)87-54(72)35-22(3)36(62)38(68)37(63)46(35)76-12/h21,23-25,27-34,39-45,47-52,55-57,64,66-70,73H,14-20H2,1-13H3/t23-,24-,25-,27-,28-,29-,30-,31-,32+,33?,34?,39+,40?,41-,42-,43-,44+,45-,47?,48+,49-,50-,51-,52-,55+,56?,57+,58-,59?,60+,61?/m1/s1. The Kier molecular flexibility index (Phi) is 22.4. The summed E-state index contributed by atoms with van der Waals surface area (Å²) in [4.78, 5) is 39.8. The zero-order valence-electron chi connectivity index (χ0n) is 55.1. The number of benzene rings is 1. The molecule has 10 heterocycles. The van der Waals surface area contributed by atoms with Crippen LogP contribution < -0.4 is 4.74 Å². The van der Waals surface area contributed by atoms with Crippen LogP contribution in [0.2, 0.25) is 10.0 Å². The molecule has 35 heteroatoms. The average molecular weight is 1420 g/mol. The van der Waals surface area contributed by atoms with Crippen molar-refractivity contribution in [1.29, 1.82) is 0 Å². The molecule has 33 nitrogen and oxygen atoms in total. The number of esters is 2. The molecule has 1 aromatic carbocycles. The molecule has 0 aliphatic carbocycles. The minimum atomic E-state index is -2.14. The molecule has 10 aliphatic rings. The molecule has 7 unspecified atom stereocenters. The van der Waals surface area contributed by atoms with Gasteiger partial charge in [0.15, 0.2) is 66.4 Å². The molecule has 0 radical (unpaired) electrons. The maximum absolute atomic E-state index is 13.6. The van der Waals surface area contributed by atoms with Gasteiger partial charge in [-0.1, -0.05) is 37.0 Å². The lowest BCUT2D eigenvalue weighted by molar-refractivity contribution is -0.428. The van der Waals surface area contributed by atoms with Gasteiger partial charge in [0.1, 0.15) is 102 Å². The van der Waals surface area contributed by atoms with E-state index in [1.165, 1.54) is 49.2 Å². The number of phenols is 1. The number of aromatic hydroxyl groups is 1. The molecular formula is C61H88Cl2O33. The predicted molar refractivity (Wildman–Crippen MR) is 314 cm³/mol. The summed E-state index contributed by atoms with van der Waals surface area (Å²) in [5, 5.41) is 79.9. The van der Waals surface area contributed by atoms with Crippen LogP contribution in [-0.4, -0.2) is 297 Å². The van der Waals surface area contributed by atoms with Crippen molar-refractivity contribution in [2.75, 3.05) is 55.1 Å². The fourth-order valence-corrected chi connectivity index (χ4v) is 15.1. The third kappa shape index (κ3) is 13.5. The summed E-state index contributed by atoms with van der Waals surface area (Å²) >= 11 is 12.5. The van der Waals surface area contributed by atoms with E-state index in [0.29, 0.717) is 0 Å². The molecule has 10 saturated heterocycles. The molecule has 2 spiro atoms. The molecule has 96 heavy (non-hydrogen) atoms. The van der Waals surface area contributed by atoms with Gasteiger partial charge in [0.2, 0.25) is 6.29 Å². The Morgan fingerprint density at radius 1 is 0.667 bits per heavy atom. The van der Waals surface area contributed by atoms with Gasteiger partial charge in [-0.3, -0.25) is 9.59 Å². The summed E-state index contributed by atoms with van der Waals surface area (Å²) in [5.41, 5.74) is -3.42. The summed E-state index contributed by atoms with van der Waals surface area (Å²) < 4.78 is 141. The van der Waals surface area contributed by atoms with Crippen LogP contribution in [0.3, 0.4) is 0 Å². The van der Waals surface area contributed by atoms with Crippen molar-refractivity contribution < 1.29 is 159 Å². The van der Waals surface area contributed by atoms with Crippen LogP contribution in [0.25, 0.3) is 0 Å². The Balaban J connectivity index is 0.730. The first-order valence-corrected chi connectivity index (χ1v) is 32.6. The van der Waals surface area contributed by atoms with Gasteiger partial charge in [-0.15, -0.1) is 0 Å². The van der Waals surface area contributed by atoms with E-state index in [2.05, 4.69) is 0 Å². The molecule has 31 atom stereocenters. The Hall–Kier alpha value is -3.03. The van der Waals surface area contributed by atoms with Gasteiger partial charge in [-0.2, -0.15) is 0 Å². The summed E-state index contributed by atoms with van der Waals surface area (Å²) in [6.45, 7) is 12.4. The second-order valence-corrected chi connectivity index (χ2v) is 27.0. The number of ketones is 1. The van der Waals surface area contributed by atoms with Gasteiger partial charge in [0.05, 0.1) is 80.9 Å². The highest BCUT2D eigenvalue weighted by Crippen LogP contribution is 2.53. The highest BCUT2D eigenvalue weighted by Gasteiger charge is 2.73. The van der Waals surface area contributed by atoms with Gasteiger partial charge in [-0.05, 0) is 54.0 Å². The third-order valence-electron chi connectivity index (χ3n) is 19.4. The lowest BCUT2D eigenvalue weighted by Gasteiger charge is -2.49. The molecule has 11 rings (SSSR count). The number of fused-ring (bicyclic) bond motifs is 4. The van der Waals surface area contributed by atoms with Crippen LogP contribution in [0, 0.1) is 12.8 Å². The number of aliphatic hydroxyl groups excluding tert-OH is 5. The van der Waals surface area contributed by atoms with Gasteiger partial charge in [-0.25, -0.2) is 4.79 Å². The largest absolute Gasteiger partial charge is 0.505 e. The van der Waals surface area contributed by atoms with Crippen LogP contribution in [0.5, 0.6) is 11.5 Å². The first-order chi connectivity index (χ1) is 45.4. The van der Waals surface area contributed by atoms with Crippen LogP contribution >= 0.6 is 23.2 Å². The number of halogens is 2. The van der Waals surface area contributed by atoms with E-state index >= 15 is 0 Å². The average Bonchev–Trinajstić information content (AvgIpc) is 1.57. The Morgan fingerprint density at radius 2 is 1.35 bits per heavy atom.